The normalized spacial score (nSPS) is 27.5. The minimum absolute atomic E-state index is 0.00405. The molecule has 0 N–H and O–H groups in total. The zero-order valence-corrected chi connectivity index (χ0v) is 23.5. The molecule has 2 saturated heterocycles. The van der Waals surface area contributed by atoms with Gasteiger partial charge in [-0.15, -0.1) is 11.6 Å². The van der Waals surface area contributed by atoms with Gasteiger partial charge in [-0.05, 0) is 55.7 Å². The van der Waals surface area contributed by atoms with Crippen LogP contribution in [0.15, 0.2) is 36.1 Å². The second-order valence-electron chi connectivity index (χ2n) is 10.8. The zero-order valence-electron chi connectivity index (χ0n) is 22.7. The fraction of sp³-hybridized carbons (Fsp3) is 0.667. The third kappa shape index (κ3) is 5.29. The van der Waals surface area contributed by atoms with Crippen molar-refractivity contribution in [2.45, 2.75) is 76.2 Å². The highest BCUT2D eigenvalue weighted by Crippen LogP contribution is 2.55. The summed E-state index contributed by atoms with van der Waals surface area (Å²) >= 11 is 5.80. The summed E-state index contributed by atoms with van der Waals surface area (Å²) in [5, 5.41) is 0. The first-order chi connectivity index (χ1) is 18.0. The Morgan fingerprint density at radius 2 is 1.86 bits per heavy atom. The third-order valence-corrected chi connectivity index (χ3v) is 9.24. The number of para-hydroxylation sites is 1. The number of carbonyl (C=O) groups excluding carboxylic acids is 2. The molecule has 3 aliphatic rings. The van der Waals surface area contributed by atoms with Crippen molar-refractivity contribution < 1.29 is 19.1 Å². The van der Waals surface area contributed by atoms with Crippen molar-refractivity contribution in [1.29, 1.82) is 0 Å². The standard InChI is InChI=1S/C30H43ClN2O4/c1-4-22-20-32-18-15-30(27(32)19-23(22)24(21-36-2)28(34)37-3)25-13-9-10-14-26(25)33(29(30)35)17-12-8-6-5-7-11-16-31/h9-10,13-14,21-23,27H,4-8,11-12,15-20H2,1-3H3. The van der Waals surface area contributed by atoms with Gasteiger partial charge in [-0.3, -0.25) is 9.69 Å². The van der Waals surface area contributed by atoms with Gasteiger partial charge in [0.2, 0.25) is 5.91 Å². The Morgan fingerprint density at radius 3 is 2.57 bits per heavy atom. The molecule has 3 aliphatic heterocycles. The van der Waals surface area contributed by atoms with Crippen molar-refractivity contribution in [2.24, 2.45) is 11.8 Å². The van der Waals surface area contributed by atoms with Crippen LogP contribution >= 0.6 is 11.6 Å². The first-order valence-corrected chi connectivity index (χ1v) is 14.6. The molecule has 0 bridgehead atoms. The predicted molar refractivity (Wildman–Crippen MR) is 148 cm³/mol. The van der Waals surface area contributed by atoms with Crippen molar-refractivity contribution >= 4 is 29.2 Å². The molecular weight excluding hydrogens is 488 g/mol. The van der Waals surface area contributed by atoms with E-state index < -0.39 is 5.41 Å². The van der Waals surface area contributed by atoms with Crippen LogP contribution in [0.2, 0.25) is 0 Å². The van der Waals surface area contributed by atoms with Crippen LogP contribution in [0.5, 0.6) is 0 Å². The Bertz CT molecular complexity index is 982. The fourth-order valence-corrected chi connectivity index (χ4v) is 7.31. The Hall–Kier alpha value is -2.05. The monoisotopic (exact) mass is 530 g/mol. The summed E-state index contributed by atoms with van der Waals surface area (Å²) in [5.41, 5.74) is 2.27. The maximum atomic E-state index is 14.3. The Morgan fingerprint density at radius 1 is 1.14 bits per heavy atom. The molecule has 1 aromatic carbocycles. The number of ether oxygens (including phenoxy) is 2. The van der Waals surface area contributed by atoms with Gasteiger partial charge in [0.05, 0.1) is 31.5 Å². The van der Waals surface area contributed by atoms with Gasteiger partial charge in [-0.2, -0.15) is 0 Å². The van der Waals surface area contributed by atoms with Crippen molar-refractivity contribution in [3.05, 3.63) is 41.7 Å². The second kappa shape index (κ2) is 12.7. The van der Waals surface area contributed by atoms with E-state index in [9.17, 15) is 9.59 Å². The van der Waals surface area contributed by atoms with E-state index in [1.54, 1.807) is 13.4 Å². The molecule has 4 rings (SSSR count). The van der Waals surface area contributed by atoms with E-state index in [-0.39, 0.29) is 23.8 Å². The minimum atomic E-state index is -0.553. The average Bonchev–Trinajstić information content (AvgIpc) is 3.41. The lowest BCUT2D eigenvalue weighted by Gasteiger charge is -2.45. The molecule has 37 heavy (non-hydrogen) atoms. The smallest absolute Gasteiger partial charge is 0.337 e. The quantitative estimate of drug-likeness (QED) is 0.114. The highest BCUT2D eigenvalue weighted by molar-refractivity contribution is 6.17. The van der Waals surface area contributed by atoms with Gasteiger partial charge in [0.15, 0.2) is 0 Å². The number of methoxy groups -OCH3 is 2. The van der Waals surface area contributed by atoms with E-state index in [1.165, 1.54) is 31.9 Å². The Labute approximate surface area is 227 Å². The SMILES string of the molecule is CCC1CN2CCC3(C(=O)N(CCCCCCCCCl)c4ccccc43)C2CC1C(=COC)C(=O)OC. The Balaban J connectivity index is 1.58. The summed E-state index contributed by atoms with van der Waals surface area (Å²) in [6.45, 7) is 4.73. The first-order valence-electron chi connectivity index (χ1n) is 14.1. The van der Waals surface area contributed by atoms with Gasteiger partial charge in [0.25, 0.3) is 0 Å². The molecular formula is C30H43ClN2O4. The van der Waals surface area contributed by atoms with E-state index in [4.69, 9.17) is 21.1 Å². The summed E-state index contributed by atoms with van der Waals surface area (Å²) in [4.78, 5) is 31.7. The van der Waals surface area contributed by atoms with Gasteiger partial charge in [-0.25, -0.2) is 4.79 Å². The van der Waals surface area contributed by atoms with Gasteiger partial charge >= 0.3 is 5.97 Å². The molecule has 0 radical (unpaired) electrons. The maximum Gasteiger partial charge on any atom is 0.337 e. The number of carbonyl (C=O) groups is 2. The maximum absolute atomic E-state index is 14.3. The van der Waals surface area contributed by atoms with E-state index in [2.05, 4.69) is 34.9 Å². The minimum Gasteiger partial charge on any atom is -0.504 e. The molecule has 4 unspecified atom stereocenters. The number of hydrogen-bond acceptors (Lipinski definition) is 5. The predicted octanol–water partition coefficient (Wildman–Crippen LogP) is 5.67. The summed E-state index contributed by atoms with van der Waals surface area (Å²) in [6.07, 6.45) is 10.9. The van der Waals surface area contributed by atoms with Crippen molar-refractivity contribution in [1.82, 2.24) is 4.90 Å². The molecule has 1 aromatic rings. The molecule has 2 fully saturated rings. The number of fused-ring (bicyclic) bond motifs is 4. The highest BCUT2D eigenvalue weighted by atomic mass is 35.5. The number of halogens is 1. The van der Waals surface area contributed by atoms with Gasteiger partial charge < -0.3 is 14.4 Å². The van der Waals surface area contributed by atoms with Crippen molar-refractivity contribution in [2.75, 3.05) is 44.6 Å². The molecule has 3 heterocycles. The van der Waals surface area contributed by atoms with E-state index >= 15 is 0 Å². The molecule has 0 aliphatic carbocycles. The zero-order chi connectivity index (χ0) is 26.4. The van der Waals surface area contributed by atoms with Crippen LogP contribution in [-0.4, -0.2) is 62.6 Å². The second-order valence-corrected chi connectivity index (χ2v) is 11.2. The van der Waals surface area contributed by atoms with Crippen LogP contribution in [0, 0.1) is 11.8 Å². The van der Waals surface area contributed by atoms with Crippen molar-refractivity contribution in [3.63, 3.8) is 0 Å². The van der Waals surface area contributed by atoms with Gasteiger partial charge in [0.1, 0.15) is 0 Å². The summed E-state index contributed by atoms with van der Waals surface area (Å²) in [5.74, 6) is 0.954. The lowest BCUT2D eigenvalue weighted by Crippen LogP contribution is -2.55. The molecule has 6 nitrogen and oxygen atoms in total. The number of esters is 1. The molecule has 4 atom stereocenters. The lowest BCUT2D eigenvalue weighted by molar-refractivity contribution is -0.137. The largest absolute Gasteiger partial charge is 0.504 e. The van der Waals surface area contributed by atoms with Crippen molar-refractivity contribution in [3.8, 4) is 0 Å². The number of alkyl halides is 1. The highest BCUT2D eigenvalue weighted by Gasteiger charge is 2.62. The fourth-order valence-electron chi connectivity index (χ4n) is 7.12. The van der Waals surface area contributed by atoms with Gasteiger partial charge in [-0.1, -0.05) is 57.2 Å². The van der Waals surface area contributed by atoms with Crippen LogP contribution in [0.1, 0.15) is 70.3 Å². The number of anilines is 1. The summed E-state index contributed by atoms with van der Waals surface area (Å²) in [6, 6.07) is 8.45. The molecule has 1 spiro atoms. The van der Waals surface area contributed by atoms with E-state index in [0.717, 1.165) is 69.7 Å². The third-order valence-electron chi connectivity index (χ3n) is 8.98. The summed E-state index contributed by atoms with van der Waals surface area (Å²) < 4.78 is 10.5. The average molecular weight is 531 g/mol. The molecule has 0 saturated carbocycles. The lowest BCUT2D eigenvalue weighted by atomic mass is 9.67. The topological polar surface area (TPSA) is 59.1 Å². The van der Waals surface area contributed by atoms with E-state index in [1.807, 2.05) is 6.07 Å². The first kappa shape index (κ1) is 28.0. The van der Waals surface area contributed by atoms with Crippen LogP contribution in [0.4, 0.5) is 5.69 Å². The molecule has 1 amide bonds. The number of piperidine rings is 1. The van der Waals surface area contributed by atoms with Crippen LogP contribution in [0.3, 0.4) is 0 Å². The molecule has 204 valence electrons. The number of unbranched alkanes of at least 4 members (excludes halogenated alkanes) is 5. The van der Waals surface area contributed by atoms with Crippen LogP contribution in [0.25, 0.3) is 0 Å². The number of rotatable bonds is 12. The number of nitrogens with zero attached hydrogens (tertiary/aromatic N) is 2. The molecule has 7 heteroatoms. The van der Waals surface area contributed by atoms with Gasteiger partial charge in [0, 0.05) is 30.7 Å². The number of benzene rings is 1. The number of amides is 1. The summed E-state index contributed by atoms with van der Waals surface area (Å²) in [7, 11) is 2.99. The van der Waals surface area contributed by atoms with Crippen LogP contribution in [-0.2, 0) is 24.5 Å². The molecule has 0 aromatic heterocycles. The number of hydrogen-bond donors (Lipinski definition) is 0. The van der Waals surface area contributed by atoms with E-state index in [0.29, 0.717) is 11.5 Å². The van der Waals surface area contributed by atoms with Crippen LogP contribution < -0.4 is 4.90 Å². The Kier molecular flexibility index (Phi) is 9.57.